The first-order valence-electron chi connectivity index (χ1n) is 20.3. The van der Waals surface area contributed by atoms with E-state index in [0.29, 0.717) is 35.9 Å². The summed E-state index contributed by atoms with van der Waals surface area (Å²) in [6, 6.07) is 19.1. The number of rotatable bonds is 8. The lowest BCUT2D eigenvalue weighted by atomic mass is 9.46. The monoisotopic (exact) mass is 796 g/mol. The normalized spacial score (nSPS) is 31.1. The molecule has 3 aromatic rings. The van der Waals surface area contributed by atoms with Crippen molar-refractivity contribution in [3.05, 3.63) is 106 Å². The van der Waals surface area contributed by atoms with Crippen LogP contribution in [0.15, 0.2) is 83.0 Å². The van der Waals surface area contributed by atoms with E-state index in [9.17, 15) is 14.7 Å². The van der Waals surface area contributed by atoms with Gasteiger partial charge in [-0.3, -0.25) is 0 Å². The molecule has 5 aliphatic rings. The number of halogens is 1. The number of hydrogen-bond donors (Lipinski definition) is 3. The summed E-state index contributed by atoms with van der Waals surface area (Å²) in [6.07, 6.45) is 22.2. The fourth-order valence-corrected chi connectivity index (χ4v) is 11.0. The lowest BCUT2D eigenvalue weighted by molar-refractivity contribution is -0.134. The summed E-state index contributed by atoms with van der Waals surface area (Å²) in [4.78, 5) is 21.6. The number of carboxylic acid groups (broad SMARTS) is 2. The maximum atomic E-state index is 11.1. The highest BCUT2D eigenvalue weighted by Crippen LogP contribution is 2.67. The molecule has 4 fully saturated rings. The summed E-state index contributed by atoms with van der Waals surface area (Å²) >= 11 is 6.07. The molecule has 1 aromatic heterocycles. The topological polar surface area (TPSA) is 133 Å². The molecule has 4 aliphatic carbocycles. The van der Waals surface area contributed by atoms with Crippen molar-refractivity contribution in [1.29, 1.82) is 0 Å². The Bertz CT molecular complexity index is 1970. The third-order valence-electron chi connectivity index (χ3n) is 14.3. The third-order valence-corrected chi connectivity index (χ3v) is 14.5. The van der Waals surface area contributed by atoms with Gasteiger partial charge < -0.3 is 29.5 Å². The van der Waals surface area contributed by atoms with Crippen LogP contribution in [-0.4, -0.2) is 69.2 Å². The zero-order valence-electron chi connectivity index (χ0n) is 33.6. The molecule has 8 rings (SSSR count). The van der Waals surface area contributed by atoms with E-state index < -0.39 is 23.1 Å². The fraction of sp³-hybridized carbons (Fsp3) is 0.511. The number of ether oxygens (including phenoxy) is 1. The van der Waals surface area contributed by atoms with E-state index in [1.54, 1.807) is 5.57 Å². The molecule has 3 N–H and O–H groups in total. The average Bonchev–Trinajstić information content (AvgIpc) is 3.90. The second-order valence-corrected chi connectivity index (χ2v) is 17.7. The zero-order chi connectivity index (χ0) is 41.0. The van der Waals surface area contributed by atoms with E-state index >= 15 is 0 Å². The summed E-state index contributed by atoms with van der Waals surface area (Å²) in [5, 5.41) is 31.5. The van der Waals surface area contributed by atoms with Crippen molar-refractivity contribution >= 4 is 29.6 Å². The van der Waals surface area contributed by atoms with Crippen LogP contribution in [-0.2, 0) is 26.3 Å². The molecule has 10 heteroatoms. The third kappa shape index (κ3) is 8.66. The Balaban J connectivity index is 0.000000163. The van der Waals surface area contributed by atoms with Crippen LogP contribution in [0, 0.1) is 40.9 Å². The van der Waals surface area contributed by atoms with Gasteiger partial charge in [0.15, 0.2) is 5.76 Å². The number of nitrogens with zero attached hydrogens (tertiary/aromatic N) is 2. The largest absolute Gasteiger partial charge is 0.478 e. The molecule has 2 heterocycles. The molecule has 8 atom stereocenters. The number of fused-ring (bicyclic) bond motifs is 6. The van der Waals surface area contributed by atoms with Crippen LogP contribution in [0.5, 0.6) is 0 Å². The predicted octanol–water partition coefficient (Wildman–Crippen LogP) is 9.04. The van der Waals surface area contributed by atoms with Crippen molar-refractivity contribution in [1.82, 2.24) is 10.1 Å². The molecule has 1 aliphatic heterocycles. The van der Waals surface area contributed by atoms with Crippen molar-refractivity contribution in [2.45, 2.75) is 102 Å². The Hall–Kier alpha value is -4.20. The van der Waals surface area contributed by atoms with Gasteiger partial charge in [-0.25, -0.2) is 9.59 Å². The maximum Gasteiger partial charge on any atom is 0.328 e. The Labute approximate surface area is 342 Å². The van der Waals surface area contributed by atoms with Crippen molar-refractivity contribution < 1.29 is 34.2 Å². The van der Waals surface area contributed by atoms with Crippen LogP contribution in [0.1, 0.15) is 101 Å². The van der Waals surface area contributed by atoms with Crippen molar-refractivity contribution in [3.63, 3.8) is 0 Å². The van der Waals surface area contributed by atoms with Crippen molar-refractivity contribution in [2.75, 3.05) is 20.2 Å². The van der Waals surface area contributed by atoms with Gasteiger partial charge in [0.1, 0.15) is 11.2 Å². The molecule has 0 spiro atoms. The van der Waals surface area contributed by atoms with Crippen LogP contribution in [0.25, 0.3) is 6.08 Å². The number of likely N-dealkylation sites (tertiary alicyclic amines) is 1. The van der Waals surface area contributed by atoms with Gasteiger partial charge in [-0.15, -0.1) is 6.42 Å². The molecule has 3 saturated carbocycles. The molecule has 1 saturated heterocycles. The number of hydrogen-bond acceptors (Lipinski definition) is 7. The number of aliphatic carboxylic acids is 2. The van der Waals surface area contributed by atoms with Gasteiger partial charge in [0, 0.05) is 40.8 Å². The van der Waals surface area contributed by atoms with Gasteiger partial charge in [-0.2, -0.15) is 0 Å². The van der Waals surface area contributed by atoms with Crippen LogP contribution in [0.4, 0.5) is 0 Å². The Morgan fingerprint density at radius 3 is 2.32 bits per heavy atom. The smallest absolute Gasteiger partial charge is 0.328 e. The predicted molar refractivity (Wildman–Crippen MR) is 221 cm³/mol. The first-order chi connectivity index (χ1) is 27.1. The van der Waals surface area contributed by atoms with Gasteiger partial charge in [-0.05, 0) is 137 Å². The van der Waals surface area contributed by atoms with E-state index in [4.69, 9.17) is 37.5 Å². The lowest BCUT2D eigenvalue weighted by Crippen LogP contribution is -2.54. The number of allylic oxidation sites excluding steroid dienone is 1. The molecule has 0 bridgehead atoms. The van der Waals surface area contributed by atoms with Gasteiger partial charge in [0.05, 0.1) is 6.20 Å². The number of carbonyl (C=O) groups is 2. The number of carboxylic acids is 2. The summed E-state index contributed by atoms with van der Waals surface area (Å²) in [7, 11) is 2.22. The Morgan fingerprint density at radius 2 is 1.68 bits per heavy atom. The molecular weight excluding hydrogens is 740 g/mol. The summed E-state index contributed by atoms with van der Waals surface area (Å²) < 4.78 is 11.9. The fourth-order valence-electron chi connectivity index (χ4n) is 10.9. The SMILES string of the molecule is C#CC1(O)CCC2C3CCC4=Cc5oncc5CC4(C)C3CCC21C.CN1CCCC1CCOC(C)(c1ccccc1)c1ccc(Cl)cc1.O=C(O)C=CC(=O)O. The minimum Gasteiger partial charge on any atom is -0.478 e. The highest BCUT2D eigenvalue weighted by Gasteiger charge is 2.63. The van der Waals surface area contributed by atoms with Crippen LogP contribution >= 0.6 is 11.6 Å². The molecule has 8 unspecified atom stereocenters. The van der Waals surface area contributed by atoms with Gasteiger partial charge in [-0.1, -0.05) is 84.6 Å². The Morgan fingerprint density at radius 1 is 1.02 bits per heavy atom. The second kappa shape index (κ2) is 17.3. The summed E-state index contributed by atoms with van der Waals surface area (Å²) in [6.45, 7) is 8.83. The molecule has 0 amide bonds. The van der Waals surface area contributed by atoms with E-state index in [0.717, 1.165) is 67.9 Å². The quantitative estimate of drug-likeness (QED) is 0.151. The summed E-state index contributed by atoms with van der Waals surface area (Å²) in [5.41, 5.74) is 3.84. The highest BCUT2D eigenvalue weighted by molar-refractivity contribution is 6.30. The highest BCUT2D eigenvalue weighted by atomic mass is 35.5. The average molecular weight is 797 g/mol. The number of terminal acetylenes is 1. The minimum atomic E-state index is -1.26. The van der Waals surface area contributed by atoms with Gasteiger partial charge >= 0.3 is 11.9 Å². The van der Waals surface area contributed by atoms with Crippen LogP contribution in [0.3, 0.4) is 0 Å². The van der Waals surface area contributed by atoms with Crippen molar-refractivity contribution in [2.24, 2.45) is 28.6 Å². The number of aliphatic hydroxyl groups is 1. The van der Waals surface area contributed by atoms with E-state index in [-0.39, 0.29) is 10.8 Å². The number of aromatic nitrogens is 1. The van der Waals surface area contributed by atoms with Gasteiger partial charge in [0.2, 0.25) is 0 Å². The van der Waals surface area contributed by atoms with E-state index in [1.807, 2.05) is 24.4 Å². The molecule has 2 aromatic carbocycles. The first kappa shape index (κ1) is 42.4. The molecule has 9 nitrogen and oxygen atoms in total. The molecule has 304 valence electrons. The minimum absolute atomic E-state index is 0.114. The summed E-state index contributed by atoms with van der Waals surface area (Å²) in [5.74, 6) is 3.12. The van der Waals surface area contributed by atoms with Gasteiger partial charge in [0.25, 0.3) is 0 Å². The molecule has 57 heavy (non-hydrogen) atoms. The van der Waals surface area contributed by atoms with E-state index in [2.05, 4.69) is 86.3 Å². The Kier molecular flexibility index (Phi) is 12.9. The zero-order valence-corrected chi connectivity index (χ0v) is 34.4. The standard InChI is InChI=1S/C22H27NO2.C21H26ClNO.C4H4O4/c1-4-22(24)10-8-18-16-6-5-15-11-19-14(13-23-25-19)12-20(15,2)17(16)7-9-21(18,22)3;1-21(17-7-4-3-5-8-17,18-10-12-19(22)13-11-18)24-16-14-20-9-6-15-23(20)2;5-3(6)1-2-4(7)8/h1,11,13,16-18,24H,5-10,12H2,2-3H3;3-5,7-8,10-13,20H,6,9,14-16H2,1-2H3;1-2H,(H,5,6)(H,7,8). The molecular formula is C47H57ClN2O7. The maximum absolute atomic E-state index is 11.1. The van der Waals surface area contributed by atoms with Crippen LogP contribution in [0.2, 0.25) is 5.02 Å². The second-order valence-electron chi connectivity index (χ2n) is 17.2. The number of benzene rings is 2. The van der Waals surface area contributed by atoms with Crippen molar-refractivity contribution in [3.8, 4) is 12.3 Å². The first-order valence-corrected chi connectivity index (χ1v) is 20.7. The lowest BCUT2D eigenvalue weighted by Gasteiger charge is -2.58. The molecule has 0 radical (unpaired) electrons. The van der Waals surface area contributed by atoms with E-state index in [1.165, 1.54) is 36.9 Å². The van der Waals surface area contributed by atoms with Crippen LogP contribution < -0.4 is 0 Å².